The summed E-state index contributed by atoms with van der Waals surface area (Å²) >= 11 is 0. The monoisotopic (exact) mass is 239 g/mol. The third-order valence-electron chi connectivity index (χ3n) is 1.69. The molecule has 0 aromatic heterocycles. The predicted molar refractivity (Wildman–Crippen MR) is 40.1 cm³/mol. The van der Waals surface area contributed by atoms with Crippen molar-refractivity contribution < 1.29 is 31.1 Å². The van der Waals surface area contributed by atoms with Gasteiger partial charge in [0.25, 0.3) is 0 Å². The van der Waals surface area contributed by atoms with Crippen molar-refractivity contribution in [3.63, 3.8) is 0 Å². The summed E-state index contributed by atoms with van der Waals surface area (Å²) in [6.07, 6.45) is -16.1. The van der Waals surface area contributed by atoms with Crippen molar-refractivity contribution in [1.82, 2.24) is 0 Å². The van der Waals surface area contributed by atoms with Crippen molar-refractivity contribution in [3.8, 4) is 0 Å². The van der Waals surface area contributed by atoms with Crippen LogP contribution < -0.4 is 5.73 Å². The fourth-order valence-electron chi connectivity index (χ4n) is 0.678. The zero-order valence-corrected chi connectivity index (χ0v) is 7.99. The predicted octanol–water partition coefficient (Wildman–Crippen LogP) is 2.23. The van der Waals surface area contributed by atoms with E-state index in [4.69, 9.17) is 5.73 Å². The average Bonchev–Trinajstić information content (AvgIpc) is 1.94. The molecule has 92 valence electrons. The first-order chi connectivity index (χ1) is 6.46. The normalized spacial score (nSPS) is 18.0. The highest BCUT2D eigenvalue weighted by Gasteiger charge is 2.58. The van der Waals surface area contributed by atoms with E-state index in [1.54, 1.807) is 0 Å². The smallest absolute Gasteiger partial charge is 0.356 e. The molecule has 0 saturated heterocycles. The van der Waals surface area contributed by atoms with Gasteiger partial charge in [0.2, 0.25) is 6.10 Å². The molecule has 0 aliphatic rings. The average molecular weight is 239 g/mol. The summed E-state index contributed by atoms with van der Waals surface area (Å²) in [6, 6.07) is -0.919. The Kier molecular flexibility index (Phi) is 4.41. The topological polar surface area (TPSA) is 35.2 Å². The van der Waals surface area contributed by atoms with Crippen molar-refractivity contribution in [2.45, 2.75) is 44.4 Å². The largest absolute Gasteiger partial charge is 0.423 e. The van der Waals surface area contributed by atoms with E-state index < -0.39 is 30.6 Å². The lowest BCUT2D eigenvalue weighted by Crippen LogP contribution is -2.48. The fourth-order valence-corrected chi connectivity index (χ4v) is 0.678. The summed E-state index contributed by atoms with van der Waals surface area (Å²) < 4.78 is 75.6. The van der Waals surface area contributed by atoms with Gasteiger partial charge in [-0.15, -0.1) is 0 Å². The van der Waals surface area contributed by atoms with Crippen molar-refractivity contribution >= 4 is 0 Å². The molecule has 0 rings (SSSR count). The van der Waals surface area contributed by atoms with Gasteiger partial charge < -0.3 is 10.5 Å². The van der Waals surface area contributed by atoms with Crippen LogP contribution in [0.3, 0.4) is 0 Å². The second kappa shape index (κ2) is 4.56. The molecule has 0 fully saturated rings. The van der Waals surface area contributed by atoms with Crippen LogP contribution in [0, 0.1) is 0 Å². The summed E-state index contributed by atoms with van der Waals surface area (Å²) in [5.41, 5.74) is 5.11. The van der Waals surface area contributed by atoms with Crippen LogP contribution in [0.4, 0.5) is 26.3 Å². The minimum atomic E-state index is -5.48. The third kappa shape index (κ3) is 4.70. The van der Waals surface area contributed by atoms with E-state index in [2.05, 4.69) is 4.74 Å². The van der Waals surface area contributed by atoms with Crippen LogP contribution >= 0.6 is 0 Å². The molecule has 0 radical (unpaired) electrons. The van der Waals surface area contributed by atoms with E-state index >= 15 is 0 Å². The maximum Gasteiger partial charge on any atom is 0.423 e. The zero-order valence-electron chi connectivity index (χ0n) is 7.99. The lowest BCUT2D eigenvalue weighted by atomic mass is 10.2. The Labute approximate surface area is 82.4 Å². The molecule has 0 heterocycles. The molecule has 2 atom stereocenters. The van der Waals surface area contributed by atoms with Gasteiger partial charge in [-0.1, -0.05) is 0 Å². The maximum absolute atomic E-state index is 12.0. The minimum absolute atomic E-state index is 0.919. The van der Waals surface area contributed by atoms with Gasteiger partial charge in [-0.3, -0.25) is 0 Å². The highest BCUT2D eigenvalue weighted by atomic mass is 19.4. The van der Waals surface area contributed by atoms with Gasteiger partial charge in [0, 0.05) is 6.04 Å². The van der Waals surface area contributed by atoms with Gasteiger partial charge in [0.15, 0.2) is 0 Å². The van der Waals surface area contributed by atoms with Crippen LogP contribution in [-0.2, 0) is 4.74 Å². The molecule has 0 bridgehead atoms. The summed E-state index contributed by atoms with van der Waals surface area (Å²) in [5, 5.41) is 0. The Balaban J connectivity index is 4.69. The van der Waals surface area contributed by atoms with Crippen molar-refractivity contribution in [1.29, 1.82) is 0 Å². The van der Waals surface area contributed by atoms with Gasteiger partial charge in [-0.05, 0) is 13.8 Å². The minimum Gasteiger partial charge on any atom is -0.356 e. The molecule has 8 heteroatoms. The van der Waals surface area contributed by atoms with Crippen LogP contribution in [0.5, 0.6) is 0 Å². The SMILES string of the molecule is CC(OC(C(F)(F)F)C(F)(F)F)[C@H](C)N. The Morgan fingerprint density at radius 1 is 0.933 bits per heavy atom. The van der Waals surface area contributed by atoms with Crippen LogP contribution in [0.1, 0.15) is 13.8 Å². The number of hydrogen-bond acceptors (Lipinski definition) is 2. The molecule has 0 spiro atoms. The molecular weight excluding hydrogens is 228 g/mol. The van der Waals surface area contributed by atoms with Crippen LogP contribution in [-0.4, -0.2) is 30.6 Å². The number of halogens is 6. The Bertz CT molecular complexity index is 185. The van der Waals surface area contributed by atoms with E-state index in [0.717, 1.165) is 6.92 Å². The molecule has 2 N–H and O–H groups in total. The van der Waals surface area contributed by atoms with Gasteiger partial charge >= 0.3 is 12.4 Å². The highest BCUT2D eigenvalue weighted by molar-refractivity contribution is 4.78. The molecular formula is C7H11F6NO. The third-order valence-corrected chi connectivity index (χ3v) is 1.69. The van der Waals surface area contributed by atoms with E-state index in [0.29, 0.717) is 0 Å². The zero-order chi connectivity index (χ0) is 12.4. The van der Waals surface area contributed by atoms with Gasteiger partial charge in [0.05, 0.1) is 6.10 Å². The van der Waals surface area contributed by atoms with Crippen molar-refractivity contribution in [2.75, 3.05) is 0 Å². The molecule has 1 unspecified atom stereocenters. The number of rotatable bonds is 3. The van der Waals surface area contributed by atoms with Gasteiger partial charge in [-0.2, -0.15) is 26.3 Å². The summed E-state index contributed by atoms with van der Waals surface area (Å²) in [4.78, 5) is 0. The first-order valence-corrected chi connectivity index (χ1v) is 4.00. The molecule has 0 aliphatic carbocycles. The molecule has 0 saturated carbocycles. The lowest BCUT2D eigenvalue weighted by Gasteiger charge is -2.27. The van der Waals surface area contributed by atoms with Crippen LogP contribution in [0.2, 0.25) is 0 Å². The number of hydrogen-bond donors (Lipinski definition) is 1. The summed E-state index contributed by atoms with van der Waals surface area (Å²) in [6.45, 7) is 2.31. The number of alkyl halides is 6. The number of nitrogens with two attached hydrogens (primary N) is 1. The quantitative estimate of drug-likeness (QED) is 0.766. The second-order valence-corrected chi connectivity index (χ2v) is 3.16. The molecule has 0 aromatic rings. The molecule has 0 amide bonds. The standard InChI is InChI=1S/C7H11F6NO/c1-3(14)4(2)15-5(6(8,9)10)7(11,12)13/h3-5H,14H2,1-2H3/t3-,4?/m0/s1. The lowest BCUT2D eigenvalue weighted by molar-refractivity contribution is -0.330. The van der Waals surface area contributed by atoms with Crippen LogP contribution in [0.25, 0.3) is 0 Å². The molecule has 0 aromatic carbocycles. The van der Waals surface area contributed by atoms with Crippen LogP contribution in [0.15, 0.2) is 0 Å². The number of ether oxygens (including phenoxy) is 1. The Morgan fingerprint density at radius 3 is 1.47 bits per heavy atom. The fraction of sp³-hybridized carbons (Fsp3) is 1.00. The Hall–Kier alpha value is -0.500. The van der Waals surface area contributed by atoms with E-state index in [1.165, 1.54) is 6.92 Å². The first-order valence-electron chi connectivity index (χ1n) is 4.00. The van der Waals surface area contributed by atoms with E-state index in [1.807, 2.05) is 0 Å². The Morgan fingerprint density at radius 2 is 1.27 bits per heavy atom. The first kappa shape index (κ1) is 14.5. The highest BCUT2D eigenvalue weighted by Crippen LogP contribution is 2.36. The summed E-state index contributed by atoms with van der Waals surface area (Å²) in [5.74, 6) is 0. The molecule has 15 heavy (non-hydrogen) atoms. The van der Waals surface area contributed by atoms with Gasteiger partial charge in [-0.25, -0.2) is 0 Å². The summed E-state index contributed by atoms with van der Waals surface area (Å²) in [7, 11) is 0. The van der Waals surface area contributed by atoms with Crippen molar-refractivity contribution in [3.05, 3.63) is 0 Å². The maximum atomic E-state index is 12.0. The molecule has 2 nitrogen and oxygen atoms in total. The van der Waals surface area contributed by atoms with E-state index in [9.17, 15) is 26.3 Å². The van der Waals surface area contributed by atoms with E-state index in [-0.39, 0.29) is 0 Å². The second-order valence-electron chi connectivity index (χ2n) is 3.16. The van der Waals surface area contributed by atoms with Crippen molar-refractivity contribution in [2.24, 2.45) is 5.73 Å². The van der Waals surface area contributed by atoms with Gasteiger partial charge in [0.1, 0.15) is 0 Å². The molecule has 0 aliphatic heterocycles.